The Morgan fingerprint density at radius 2 is 1.59 bits per heavy atom. The van der Waals surface area contributed by atoms with Gasteiger partial charge >= 0.3 is 0 Å². The smallest absolute Gasteiger partial charge is 0.0192 e. The highest BCUT2D eigenvalue weighted by Crippen LogP contribution is 2.29. The van der Waals surface area contributed by atoms with Gasteiger partial charge in [0, 0.05) is 0 Å². The zero-order chi connectivity index (χ0) is 15.8. The van der Waals surface area contributed by atoms with Crippen LogP contribution in [-0.2, 0) is 0 Å². The highest BCUT2D eigenvalue weighted by molar-refractivity contribution is 5.73. The van der Waals surface area contributed by atoms with E-state index < -0.39 is 0 Å². The largest absolute Gasteiger partial charge is 0.0985 e. The van der Waals surface area contributed by atoms with Gasteiger partial charge in [0.25, 0.3) is 0 Å². The minimum absolute atomic E-state index is 1.17. The maximum absolute atomic E-state index is 3.63. The monoisotopic (exact) mass is 288 g/mol. The lowest BCUT2D eigenvalue weighted by molar-refractivity contribution is 1.03. The van der Waals surface area contributed by atoms with E-state index in [0.717, 1.165) is 0 Å². The van der Waals surface area contributed by atoms with Gasteiger partial charge in [0.1, 0.15) is 0 Å². The van der Waals surface area contributed by atoms with E-state index in [1.54, 1.807) is 0 Å². The zero-order valence-corrected chi connectivity index (χ0v) is 13.5. The van der Waals surface area contributed by atoms with Crippen molar-refractivity contribution in [1.29, 1.82) is 0 Å². The number of allylic oxidation sites excluding steroid dienone is 4. The average Bonchev–Trinajstić information content (AvgIpc) is 2.57. The molecule has 0 saturated heterocycles. The van der Waals surface area contributed by atoms with Crippen LogP contribution in [0.2, 0.25) is 0 Å². The van der Waals surface area contributed by atoms with Gasteiger partial charge in [-0.15, -0.1) is 0 Å². The second-order valence-corrected chi connectivity index (χ2v) is 5.53. The minimum atomic E-state index is 1.17. The van der Waals surface area contributed by atoms with Gasteiger partial charge in [0.15, 0.2) is 0 Å². The molecule has 0 heterocycles. The molecule has 0 spiro atoms. The fourth-order valence-corrected chi connectivity index (χ4v) is 2.63. The molecule has 2 aromatic rings. The van der Waals surface area contributed by atoms with E-state index in [0.29, 0.717) is 0 Å². The first-order chi connectivity index (χ1) is 10.7. The van der Waals surface area contributed by atoms with Crippen molar-refractivity contribution in [3.63, 3.8) is 0 Å². The molecule has 0 nitrogen and oxygen atoms in total. The lowest BCUT2D eigenvalue weighted by Gasteiger charge is -2.15. The highest BCUT2D eigenvalue weighted by atomic mass is 14.1. The second kappa shape index (κ2) is 8.19. The molecule has 0 saturated carbocycles. The standard InChI is InChI=1S/C14H16.C8H8/c1-11-7-3-5-9-13(11)14-10-6-4-8-12(14)2;1-2-8-6-4-3-5-7-8/h3-5,7-9H,6,10H2,1-2H3;2-7H,1H2. The first-order valence-electron chi connectivity index (χ1n) is 7.82. The van der Waals surface area contributed by atoms with Crippen LogP contribution in [0, 0.1) is 6.92 Å². The van der Waals surface area contributed by atoms with Gasteiger partial charge in [-0.2, -0.15) is 0 Å². The van der Waals surface area contributed by atoms with Gasteiger partial charge in [-0.3, -0.25) is 0 Å². The van der Waals surface area contributed by atoms with Crippen LogP contribution in [0.3, 0.4) is 0 Å². The summed E-state index contributed by atoms with van der Waals surface area (Å²) in [4.78, 5) is 0. The van der Waals surface area contributed by atoms with E-state index in [1.807, 2.05) is 36.4 Å². The molecule has 0 N–H and O–H groups in total. The summed E-state index contributed by atoms with van der Waals surface area (Å²) in [6, 6.07) is 18.7. The van der Waals surface area contributed by atoms with Crippen molar-refractivity contribution in [2.75, 3.05) is 0 Å². The molecule has 2 aromatic carbocycles. The molecular formula is C22H24. The summed E-state index contributed by atoms with van der Waals surface area (Å²) in [5.74, 6) is 0. The highest BCUT2D eigenvalue weighted by Gasteiger charge is 2.08. The molecular weight excluding hydrogens is 264 g/mol. The topological polar surface area (TPSA) is 0 Å². The first-order valence-corrected chi connectivity index (χ1v) is 7.82. The molecule has 0 heteroatoms. The van der Waals surface area contributed by atoms with Crippen molar-refractivity contribution >= 4 is 11.6 Å². The van der Waals surface area contributed by atoms with E-state index in [4.69, 9.17) is 0 Å². The normalized spacial score (nSPS) is 13.4. The summed E-state index contributed by atoms with van der Waals surface area (Å²) < 4.78 is 0. The molecule has 112 valence electrons. The van der Waals surface area contributed by atoms with Gasteiger partial charge < -0.3 is 0 Å². The SMILES string of the molecule is C=Cc1ccccc1.CC1=C(c2ccccc2C)CCC=C1. The molecule has 0 amide bonds. The zero-order valence-electron chi connectivity index (χ0n) is 13.5. The van der Waals surface area contributed by atoms with Crippen molar-refractivity contribution in [2.45, 2.75) is 26.7 Å². The number of hydrogen-bond donors (Lipinski definition) is 0. The molecule has 22 heavy (non-hydrogen) atoms. The predicted molar refractivity (Wildman–Crippen MR) is 98.7 cm³/mol. The Kier molecular flexibility index (Phi) is 5.97. The van der Waals surface area contributed by atoms with Crippen LogP contribution >= 0.6 is 0 Å². The van der Waals surface area contributed by atoms with E-state index in [2.05, 4.69) is 56.8 Å². The quantitative estimate of drug-likeness (QED) is 0.596. The Labute approximate surface area is 134 Å². The second-order valence-electron chi connectivity index (χ2n) is 5.53. The Morgan fingerprint density at radius 1 is 0.909 bits per heavy atom. The summed E-state index contributed by atoms with van der Waals surface area (Å²) in [5.41, 5.74) is 6.93. The molecule has 0 radical (unpaired) electrons. The average molecular weight is 288 g/mol. The van der Waals surface area contributed by atoms with Crippen molar-refractivity contribution in [2.24, 2.45) is 0 Å². The van der Waals surface area contributed by atoms with Crippen molar-refractivity contribution in [1.82, 2.24) is 0 Å². The summed E-state index contributed by atoms with van der Waals surface area (Å²) in [7, 11) is 0. The first kappa shape index (κ1) is 16.0. The van der Waals surface area contributed by atoms with E-state index in [-0.39, 0.29) is 0 Å². The van der Waals surface area contributed by atoms with E-state index >= 15 is 0 Å². The fraction of sp³-hybridized carbons (Fsp3) is 0.182. The molecule has 3 rings (SSSR count). The van der Waals surface area contributed by atoms with Crippen LogP contribution < -0.4 is 0 Å². The van der Waals surface area contributed by atoms with Gasteiger partial charge in [-0.1, -0.05) is 79.4 Å². The summed E-state index contributed by atoms with van der Waals surface area (Å²) >= 11 is 0. The maximum atomic E-state index is 3.63. The maximum Gasteiger partial charge on any atom is -0.0192 e. The minimum Gasteiger partial charge on any atom is -0.0985 e. The molecule has 0 atom stereocenters. The third-order valence-electron chi connectivity index (χ3n) is 3.91. The fourth-order valence-electron chi connectivity index (χ4n) is 2.63. The Morgan fingerprint density at radius 3 is 2.18 bits per heavy atom. The number of aryl methyl sites for hydroxylation is 1. The third-order valence-corrected chi connectivity index (χ3v) is 3.91. The van der Waals surface area contributed by atoms with Gasteiger partial charge in [0.05, 0.1) is 0 Å². The molecule has 0 unspecified atom stereocenters. The van der Waals surface area contributed by atoms with Crippen LogP contribution in [-0.4, -0.2) is 0 Å². The van der Waals surface area contributed by atoms with Gasteiger partial charge in [-0.05, 0) is 54.5 Å². The van der Waals surface area contributed by atoms with Gasteiger partial charge in [-0.25, -0.2) is 0 Å². The van der Waals surface area contributed by atoms with Crippen LogP contribution in [0.5, 0.6) is 0 Å². The Bertz CT molecular complexity index is 672. The van der Waals surface area contributed by atoms with Crippen molar-refractivity contribution in [3.8, 4) is 0 Å². The molecule has 1 aliphatic carbocycles. The van der Waals surface area contributed by atoms with E-state index in [1.165, 1.54) is 40.7 Å². The Balaban J connectivity index is 0.000000188. The lowest BCUT2D eigenvalue weighted by Crippen LogP contribution is -1.94. The number of rotatable bonds is 2. The molecule has 0 bridgehead atoms. The third kappa shape index (κ3) is 4.33. The van der Waals surface area contributed by atoms with Crippen LogP contribution in [0.4, 0.5) is 0 Å². The van der Waals surface area contributed by atoms with Crippen LogP contribution in [0.1, 0.15) is 36.5 Å². The molecule has 0 fully saturated rings. The van der Waals surface area contributed by atoms with Gasteiger partial charge in [0.2, 0.25) is 0 Å². The Hall–Kier alpha value is -2.34. The summed E-state index contributed by atoms with van der Waals surface area (Å²) in [6.45, 7) is 8.03. The van der Waals surface area contributed by atoms with Crippen molar-refractivity contribution in [3.05, 3.63) is 95.6 Å². The predicted octanol–water partition coefficient (Wildman–Crippen LogP) is 6.45. The van der Waals surface area contributed by atoms with Crippen LogP contribution in [0.15, 0.2) is 78.9 Å². The molecule has 0 aliphatic heterocycles. The molecule has 1 aliphatic rings. The van der Waals surface area contributed by atoms with E-state index in [9.17, 15) is 0 Å². The lowest BCUT2D eigenvalue weighted by atomic mass is 9.90. The van der Waals surface area contributed by atoms with Crippen molar-refractivity contribution < 1.29 is 0 Å². The number of benzene rings is 2. The van der Waals surface area contributed by atoms with Crippen LogP contribution in [0.25, 0.3) is 11.6 Å². The summed E-state index contributed by atoms with van der Waals surface area (Å²) in [6.07, 6.45) is 8.70. The summed E-state index contributed by atoms with van der Waals surface area (Å²) in [5, 5.41) is 0. The molecule has 0 aromatic heterocycles. The number of hydrogen-bond acceptors (Lipinski definition) is 0.